The lowest BCUT2D eigenvalue weighted by molar-refractivity contribution is -0.275. The predicted molar refractivity (Wildman–Crippen MR) is 109 cm³/mol. The van der Waals surface area contributed by atoms with E-state index in [1.54, 1.807) is 24.1 Å². The second-order valence-electron chi connectivity index (χ2n) is 7.31. The minimum absolute atomic E-state index is 0.0701. The highest BCUT2D eigenvalue weighted by atomic mass is 35.5. The number of benzene rings is 1. The van der Waals surface area contributed by atoms with Crippen LogP contribution in [0.4, 0.5) is 13.2 Å². The van der Waals surface area contributed by atoms with Crippen LogP contribution in [0.15, 0.2) is 35.6 Å². The van der Waals surface area contributed by atoms with Crippen molar-refractivity contribution in [2.45, 2.75) is 38.2 Å². The summed E-state index contributed by atoms with van der Waals surface area (Å²) in [6.45, 7) is 2.86. The van der Waals surface area contributed by atoms with E-state index in [0.717, 1.165) is 11.1 Å². The van der Waals surface area contributed by atoms with E-state index in [4.69, 9.17) is 28.0 Å². The van der Waals surface area contributed by atoms with Gasteiger partial charge in [0.15, 0.2) is 0 Å². The van der Waals surface area contributed by atoms with Crippen molar-refractivity contribution in [3.63, 3.8) is 0 Å². The number of nitrogens with zero attached hydrogens (tertiary/aromatic N) is 3. The summed E-state index contributed by atoms with van der Waals surface area (Å²) in [5.74, 6) is -0.164. The number of fused-ring (bicyclic) bond motifs is 1. The zero-order valence-electron chi connectivity index (χ0n) is 16.3. The molecule has 0 spiro atoms. The first-order chi connectivity index (χ1) is 14.6. The summed E-state index contributed by atoms with van der Waals surface area (Å²) in [5, 5.41) is 6.59. The van der Waals surface area contributed by atoms with E-state index in [2.05, 4.69) is 15.5 Å². The Balaban J connectivity index is 1.58. The van der Waals surface area contributed by atoms with E-state index in [1.165, 1.54) is 18.2 Å². The van der Waals surface area contributed by atoms with Gasteiger partial charge in [-0.15, -0.1) is 0 Å². The van der Waals surface area contributed by atoms with Crippen LogP contribution in [0.2, 0.25) is 10.0 Å². The fourth-order valence-electron chi connectivity index (χ4n) is 3.68. The van der Waals surface area contributed by atoms with Crippen molar-refractivity contribution >= 4 is 34.9 Å². The van der Waals surface area contributed by atoms with Gasteiger partial charge in [0.25, 0.3) is 11.5 Å². The van der Waals surface area contributed by atoms with Gasteiger partial charge in [-0.05, 0) is 42.3 Å². The molecule has 4 rings (SSSR count). The Bertz CT molecular complexity index is 1060. The number of amidine groups is 1. The van der Waals surface area contributed by atoms with Crippen molar-refractivity contribution < 1.29 is 22.8 Å². The smallest absolute Gasteiger partial charge is 0.372 e. The molecule has 0 fully saturated rings. The van der Waals surface area contributed by atoms with Crippen LogP contribution in [0, 0.1) is 0 Å². The zero-order chi connectivity index (χ0) is 22.4. The summed E-state index contributed by atoms with van der Waals surface area (Å²) in [6.07, 6.45) is -3.73. The Morgan fingerprint density at radius 3 is 2.52 bits per heavy atom. The maximum Gasteiger partial charge on any atom is 0.435 e. The monoisotopic (exact) mass is 472 g/mol. The molecule has 3 heterocycles. The quantitative estimate of drug-likeness (QED) is 0.706. The summed E-state index contributed by atoms with van der Waals surface area (Å²) in [7, 11) is 0. The third kappa shape index (κ3) is 3.92. The van der Waals surface area contributed by atoms with Crippen molar-refractivity contribution in [2.24, 2.45) is 5.16 Å². The molecule has 1 N–H and O–H groups in total. The highest BCUT2D eigenvalue weighted by Gasteiger charge is 2.63. The number of rotatable bonds is 3. The molecule has 0 saturated heterocycles. The second kappa shape index (κ2) is 7.87. The van der Waals surface area contributed by atoms with Crippen molar-refractivity contribution in [1.29, 1.82) is 0 Å². The zero-order valence-corrected chi connectivity index (χ0v) is 17.8. The van der Waals surface area contributed by atoms with Crippen LogP contribution >= 0.6 is 23.2 Å². The molecule has 2 aromatic rings. The Morgan fingerprint density at radius 1 is 1.19 bits per heavy atom. The molecule has 2 aliphatic rings. The van der Waals surface area contributed by atoms with Crippen LogP contribution in [-0.4, -0.2) is 34.3 Å². The van der Waals surface area contributed by atoms with Gasteiger partial charge < -0.3 is 15.1 Å². The number of hydrogen-bond donors (Lipinski definition) is 1. The molecule has 2 aliphatic heterocycles. The Labute approximate surface area is 186 Å². The molecular formula is C20H17Cl2F3N4O2. The molecule has 164 valence electrons. The van der Waals surface area contributed by atoms with Gasteiger partial charge in [0, 0.05) is 41.4 Å². The summed E-state index contributed by atoms with van der Waals surface area (Å²) in [5.41, 5.74) is -1.03. The van der Waals surface area contributed by atoms with E-state index < -0.39 is 18.2 Å². The third-order valence-corrected chi connectivity index (χ3v) is 5.68. The maximum atomic E-state index is 14.1. The van der Waals surface area contributed by atoms with Gasteiger partial charge in [-0.2, -0.15) is 13.2 Å². The lowest BCUT2D eigenvalue weighted by atomic mass is 9.89. The van der Waals surface area contributed by atoms with Crippen LogP contribution in [0.3, 0.4) is 0 Å². The van der Waals surface area contributed by atoms with E-state index >= 15 is 0 Å². The molecule has 0 saturated carbocycles. The minimum atomic E-state index is -4.76. The second-order valence-corrected chi connectivity index (χ2v) is 8.19. The highest BCUT2D eigenvalue weighted by Crippen LogP contribution is 2.49. The molecule has 0 aliphatic carbocycles. The Morgan fingerprint density at radius 2 is 1.87 bits per heavy atom. The third-order valence-electron chi connectivity index (χ3n) is 5.24. The molecule has 1 aromatic carbocycles. The normalized spacial score (nSPS) is 20.3. The molecule has 1 unspecified atom stereocenters. The van der Waals surface area contributed by atoms with E-state index in [9.17, 15) is 18.0 Å². The number of nitrogens with one attached hydrogen (secondary N) is 1. The summed E-state index contributed by atoms with van der Waals surface area (Å²) in [6, 6.07) is 5.36. The van der Waals surface area contributed by atoms with E-state index in [1.807, 2.05) is 0 Å². The number of aromatic nitrogens is 1. The molecule has 31 heavy (non-hydrogen) atoms. The molecule has 1 amide bonds. The fourth-order valence-corrected chi connectivity index (χ4v) is 4.21. The number of carbonyl (C=O) groups excluding carboxylic acids is 1. The summed E-state index contributed by atoms with van der Waals surface area (Å²) in [4.78, 5) is 22.9. The minimum Gasteiger partial charge on any atom is -0.372 e. The first-order valence-electron chi connectivity index (χ1n) is 9.42. The first-order valence-corrected chi connectivity index (χ1v) is 10.2. The molecule has 6 nitrogen and oxygen atoms in total. The lowest BCUT2D eigenvalue weighted by Crippen LogP contribution is -2.43. The van der Waals surface area contributed by atoms with Gasteiger partial charge in [0.05, 0.1) is 6.42 Å². The van der Waals surface area contributed by atoms with Crippen LogP contribution in [0.5, 0.6) is 0 Å². The van der Waals surface area contributed by atoms with Crippen molar-refractivity contribution in [1.82, 2.24) is 15.2 Å². The molecule has 0 radical (unpaired) electrons. The predicted octanol–water partition coefficient (Wildman–Crippen LogP) is 4.65. The Kier molecular flexibility index (Phi) is 5.51. The summed E-state index contributed by atoms with van der Waals surface area (Å²) >= 11 is 11.9. The van der Waals surface area contributed by atoms with Crippen LogP contribution in [-0.2, 0) is 23.5 Å². The average Bonchev–Trinajstić information content (AvgIpc) is 3.31. The van der Waals surface area contributed by atoms with Crippen LogP contribution < -0.4 is 5.32 Å². The number of hydrogen-bond acceptors (Lipinski definition) is 5. The largest absolute Gasteiger partial charge is 0.435 e. The highest BCUT2D eigenvalue weighted by molar-refractivity contribution is 6.34. The molecular weight excluding hydrogens is 456 g/mol. The Hall–Kier alpha value is -2.52. The van der Waals surface area contributed by atoms with E-state index in [0.29, 0.717) is 13.1 Å². The van der Waals surface area contributed by atoms with Gasteiger partial charge in [-0.1, -0.05) is 28.4 Å². The van der Waals surface area contributed by atoms with Gasteiger partial charge in [0.1, 0.15) is 11.5 Å². The van der Waals surface area contributed by atoms with Gasteiger partial charge in [-0.3, -0.25) is 9.78 Å². The van der Waals surface area contributed by atoms with Crippen molar-refractivity contribution in [3.05, 3.63) is 62.9 Å². The number of halogens is 5. The van der Waals surface area contributed by atoms with Gasteiger partial charge in [0.2, 0.25) is 0 Å². The standard InChI is InChI=1S/C20H17Cl2F3N4O2/c1-2-26-18(30)16-3-11-9-29(10-12(11)8-27-16)17-7-19(31-28-17,20(23,24)25)13-4-14(21)6-15(22)5-13/h3-6,8H,2,7,9-10H2,1H3,(H,26,30). The molecule has 0 bridgehead atoms. The number of amides is 1. The maximum absolute atomic E-state index is 14.1. The molecule has 1 aromatic heterocycles. The SMILES string of the molecule is CCNC(=O)c1cc2c(cn1)CN(C1=NOC(c3cc(Cl)cc(Cl)c3)(C(F)(F)F)C1)C2. The van der Waals surface area contributed by atoms with Crippen molar-refractivity contribution in [3.8, 4) is 0 Å². The molecule has 1 atom stereocenters. The van der Waals surface area contributed by atoms with Crippen molar-refractivity contribution in [2.75, 3.05) is 6.54 Å². The molecule has 11 heteroatoms. The first kappa shape index (κ1) is 21.7. The fraction of sp³-hybridized carbons (Fsp3) is 0.350. The number of oxime groups is 1. The van der Waals surface area contributed by atoms with Crippen LogP contribution in [0.1, 0.15) is 40.5 Å². The topological polar surface area (TPSA) is 66.8 Å². The van der Waals surface area contributed by atoms with E-state index in [-0.39, 0.29) is 39.6 Å². The number of alkyl halides is 3. The lowest BCUT2D eigenvalue weighted by Gasteiger charge is -2.30. The van der Waals surface area contributed by atoms with Gasteiger partial charge >= 0.3 is 6.18 Å². The van der Waals surface area contributed by atoms with Gasteiger partial charge in [-0.25, -0.2) is 0 Å². The number of carbonyl (C=O) groups is 1. The average molecular weight is 473 g/mol. The number of pyridine rings is 1. The van der Waals surface area contributed by atoms with Crippen LogP contribution in [0.25, 0.3) is 0 Å². The summed E-state index contributed by atoms with van der Waals surface area (Å²) < 4.78 is 42.4.